The molecule has 0 spiro atoms. The quantitative estimate of drug-likeness (QED) is 0.611. The number of pyridine rings is 1. The lowest BCUT2D eigenvalue weighted by Gasteiger charge is -2.05. The van der Waals surface area contributed by atoms with Crippen molar-refractivity contribution in [2.75, 3.05) is 0 Å². The molecule has 3 aromatic rings. The molecule has 122 valence electrons. The number of halogens is 1. The van der Waals surface area contributed by atoms with E-state index in [1.807, 2.05) is 60.8 Å². The fourth-order valence-corrected chi connectivity index (χ4v) is 2.39. The molecule has 2 heterocycles. The summed E-state index contributed by atoms with van der Waals surface area (Å²) < 4.78 is 5.64. The van der Waals surface area contributed by atoms with Crippen molar-refractivity contribution < 1.29 is 4.74 Å². The van der Waals surface area contributed by atoms with Crippen molar-refractivity contribution in [2.45, 2.75) is 25.3 Å². The predicted octanol–water partition coefficient (Wildman–Crippen LogP) is 3.97. The topological polar surface area (TPSA) is 47.9 Å². The Balaban J connectivity index is 1.50. The third-order valence-corrected chi connectivity index (χ3v) is 3.91. The second-order valence-electron chi connectivity index (χ2n) is 5.43. The van der Waals surface area contributed by atoms with Crippen molar-refractivity contribution in [1.82, 2.24) is 15.2 Å². The van der Waals surface area contributed by atoms with E-state index in [1.165, 1.54) is 0 Å². The molecule has 0 radical (unpaired) electrons. The van der Waals surface area contributed by atoms with Crippen LogP contribution in [0.25, 0.3) is 0 Å². The molecule has 4 nitrogen and oxygen atoms in total. The van der Waals surface area contributed by atoms with Gasteiger partial charge in [0, 0.05) is 23.8 Å². The third-order valence-electron chi connectivity index (χ3n) is 3.60. The van der Waals surface area contributed by atoms with Gasteiger partial charge in [0.25, 0.3) is 0 Å². The Morgan fingerprint density at radius 2 is 1.58 bits per heavy atom. The monoisotopic (exact) mass is 339 g/mol. The van der Waals surface area contributed by atoms with E-state index in [0.717, 1.165) is 35.4 Å². The molecule has 1 aromatic carbocycles. The zero-order valence-electron chi connectivity index (χ0n) is 13.2. The number of alkyl halides is 1. The molecule has 5 heteroatoms. The van der Waals surface area contributed by atoms with Crippen molar-refractivity contribution in [3.8, 4) is 5.88 Å². The minimum absolute atomic E-state index is 0.489. The molecule has 0 bridgehead atoms. The number of ether oxygens (including phenoxy) is 1. The van der Waals surface area contributed by atoms with Gasteiger partial charge < -0.3 is 4.74 Å². The van der Waals surface area contributed by atoms with Gasteiger partial charge in [0.15, 0.2) is 0 Å². The first kappa shape index (κ1) is 16.4. The van der Waals surface area contributed by atoms with E-state index in [2.05, 4.69) is 15.2 Å². The van der Waals surface area contributed by atoms with Gasteiger partial charge in [-0.15, -0.1) is 16.7 Å². The first-order valence-corrected chi connectivity index (χ1v) is 8.36. The molecule has 0 saturated carbocycles. The number of aryl methyl sites for hydroxylation is 2. The highest BCUT2D eigenvalue weighted by atomic mass is 35.5. The summed E-state index contributed by atoms with van der Waals surface area (Å²) >= 11 is 5.76. The molecular weight excluding hydrogens is 322 g/mol. The Hall–Kier alpha value is -2.46. The summed E-state index contributed by atoms with van der Waals surface area (Å²) in [7, 11) is 0. The molecule has 0 aliphatic rings. The maximum atomic E-state index is 5.76. The number of aromatic nitrogens is 3. The molecule has 0 saturated heterocycles. The summed E-state index contributed by atoms with van der Waals surface area (Å²) in [4.78, 5) is 4.39. The summed E-state index contributed by atoms with van der Waals surface area (Å²) in [5.74, 6) is 1.02. The number of benzene rings is 1. The van der Waals surface area contributed by atoms with E-state index in [0.29, 0.717) is 18.4 Å². The second kappa shape index (κ2) is 8.41. The lowest BCUT2D eigenvalue weighted by atomic mass is 10.1. The van der Waals surface area contributed by atoms with Crippen LogP contribution in [-0.2, 0) is 25.3 Å². The summed E-state index contributed by atoms with van der Waals surface area (Å²) in [5, 5.41) is 8.34. The maximum absolute atomic E-state index is 5.76. The smallest absolute Gasteiger partial charge is 0.233 e. The first-order chi connectivity index (χ1) is 11.8. The fourth-order valence-electron chi connectivity index (χ4n) is 2.23. The van der Waals surface area contributed by atoms with Gasteiger partial charge in [0.05, 0.1) is 5.69 Å². The zero-order chi connectivity index (χ0) is 16.6. The number of nitrogens with zero attached hydrogens (tertiary/aromatic N) is 3. The van der Waals surface area contributed by atoms with Crippen molar-refractivity contribution in [1.29, 1.82) is 0 Å². The van der Waals surface area contributed by atoms with Gasteiger partial charge in [-0.2, -0.15) is 5.10 Å². The van der Waals surface area contributed by atoms with Crippen LogP contribution in [0.1, 0.15) is 22.5 Å². The van der Waals surface area contributed by atoms with Gasteiger partial charge in [0.2, 0.25) is 5.88 Å². The lowest BCUT2D eigenvalue weighted by molar-refractivity contribution is 0.290. The Labute approximate surface area is 146 Å². The molecule has 0 aliphatic carbocycles. The van der Waals surface area contributed by atoms with Crippen molar-refractivity contribution in [2.24, 2.45) is 0 Å². The van der Waals surface area contributed by atoms with Gasteiger partial charge >= 0.3 is 0 Å². The van der Waals surface area contributed by atoms with E-state index in [1.54, 1.807) is 0 Å². The predicted molar refractivity (Wildman–Crippen MR) is 94.0 cm³/mol. The van der Waals surface area contributed by atoms with Gasteiger partial charge in [-0.25, -0.2) is 0 Å². The molecular formula is C19H18ClN3O. The molecule has 2 aromatic heterocycles. The summed E-state index contributed by atoms with van der Waals surface area (Å²) in [6.45, 7) is 0.492. The Bertz CT molecular complexity index is 746. The molecule has 0 atom stereocenters. The highest BCUT2D eigenvalue weighted by molar-refractivity contribution is 6.17. The zero-order valence-corrected chi connectivity index (χ0v) is 14.0. The average Bonchev–Trinajstić information content (AvgIpc) is 2.67. The fraction of sp³-hybridized carbons (Fsp3) is 0.211. The average molecular weight is 340 g/mol. The van der Waals surface area contributed by atoms with Crippen LogP contribution in [0.4, 0.5) is 0 Å². The Morgan fingerprint density at radius 3 is 2.25 bits per heavy atom. The van der Waals surface area contributed by atoms with E-state index < -0.39 is 0 Å². The van der Waals surface area contributed by atoms with E-state index in [4.69, 9.17) is 16.3 Å². The van der Waals surface area contributed by atoms with Crippen LogP contribution in [0, 0.1) is 0 Å². The highest BCUT2D eigenvalue weighted by Gasteiger charge is 2.02. The van der Waals surface area contributed by atoms with Crippen LogP contribution < -0.4 is 4.74 Å². The summed E-state index contributed by atoms with van der Waals surface area (Å²) in [6, 6.07) is 17.8. The number of hydrogen-bond acceptors (Lipinski definition) is 4. The van der Waals surface area contributed by atoms with Gasteiger partial charge in [-0.05, 0) is 36.1 Å². The summed E-state index contributed by atoms with van der Waals surface area (Å²) in [5.41, 5.74) is 4.08. The normalized spacial score (nSPS) is 10.5. The standard InChI is InChI=1S/C19H18ClN3O/c20-12-16-6-7-17(21-13-16)8-9-18-10-11-19(23-22-18)24-14-15-4-2-1-3-5-15/h1-7,10-11,13H,8-9,12,14H2. The Kier molecular flexibility index (Phi) is 5.75. The van der Waals surface area contributed by atoms with Gasteiger partial charge in [0.1, 0.15) is 6.61 Å². The molecule has 0 N–H and O–H groups in total. The largest absolute Gasteiger partial charge is 0.472 e. The van der Waals surface area contributed by atoms with E-state index >= 15 is 0 Å². The van der Waals surface area contributed by atoms with Crippen molar-refractivity contribution in [3.05, 3.63) is 83.3 Å². The highest BCUT2D eigenvalue weighted by Crippen LogP contribution is 2.10. The molecule has 0 aliphatic heterocycles. The number of rotatable bonds is 7. The Morgan fingerprint density at radius 1 is 0.792 bits per heavy atom. The second-order valence-corrected chi connectivity index (χ2v) is 5.70. The minimum Gasteiger partial charge on any atom is -0.472 e. The van der Waals surface area contributed by atoms with Crippen LogP contribution in [0.15, 0.2) is 60.8 Å². The summed E-state index contributed by atoms with van der Waals surface area (Å²) in [6.07, 6.45) is 3.43. The van der Waals surface area contributed by atoms with Crippen LogP contribution in [0.2, 0.25) is 0 Å². The SMILES string of the molecule is ClCc1ccc(CCc2ccc(OCc3ccccc3)nn2)nc1. The minimum atomic E-state index is 0.489. The van der Waals surface area contributed by atoms with E-state index in [9.17, 15) is 0 Å². The van der Waals surface area contributed by atoms with Gasteiger partial charge in [-0.1, -0.05) is 36.4 Å². The lowest BCUT2D eigenvalue weighted by Crippen LogP contribution is -2.01. The molecule has 24 heavy (non-hydrogen) atoms. The maximum Gasteiger partial charge on any atom is 0.233 e. The van der Waals surface area contributed by atoms with Crippen LogP contribution >= 0.6 is 11.6 Å². The van der Waals surface area contributed by atoms with Crippen LogP contribution in [-0.4, -0.2) is 15.2 Å². The molecule has 0 unspecified atom stereocenters. The van der Waals surface area contributed by atoms with Crippen LogP contribution in [0.5, 0.6) is 5.88 Å². The van der Waals surface area contributed by atoms with Gasteiger partial charge in [-0.3, -0.25) is 4.98 Å². The molecule has 3 rings (SSSR count). The third kappa shape index (κ3) is 4.77. The van der Waals surface area contributed by atoms with Crippen molar-refractivity contribution in [3.63, 3.8) is 0 Å². The van der Waals surface area contributed by atoms with Crippen molar-refractivity contribution >= 4 is 11.6 Å². The number of hydrogen-bond donors (Lipinski definition) is 0. The van der Waals surface area contributed by atoms with Crippen LogP contribution in [0.3, 0.4) is 0 Å². The molecule has 0 amide bonds. The molecule has 0 fully saturated rings. The van der Waals surface area contributed by atoms with E-state index in [-0.39, 0.29) is 0 Å². The first-order valence-electron chi connectivity index (χ1n) is 7.82.